The number of anilines is 1. The molecule has 0 atom stereocenters. The number of halogens is 1. The molecule has 2 N–H and O–H groups in total. The lowest BCUT2D eigenvalue weighted by Gasteiger charge is -2.19. The van der Waals surface area contributed by atoms with Crippen LogP contribution in [0.1, 0.15) is 17.4 Å². The van der Waals surface area contributed by atoms with Crippen LogP contribution in [-0.4, -0.2) is 11.4 Å². The van der Waals surface area contributed by atoms with Crippen LogP contribution in [0.25, 0.3) is 0 Å². The molecule has 0 aliphatic carbocycles. The maximum absolute atomic E-state index is 5.80. The molecule has 1 aromatic heterocycles. The number of nitrogens with two attached hydrogens (primary N) is 1. The molecule has 0 aliphatic heterocycles. The number of hydrogen-bond donors (Lipinski definition) is 1. The summed E-state index contributed by atoms with van der Waals surface area (Å²) in [4.78, 5) is 3.83. The normalized spacial score (nSPS) is 10.3. The quantitative estimate of drug-likeness (QED) is 0.846. The minimum Gasteiger partial charge on any atom is -0.399 e. The summed E-state index contributed by atoms with van der Waals surface area (Å²) in [5.74, 6) is 0. The Labute approximate surface area is 119 Å². The third-order valence-electron chi connectivity index (χ3n) is 2.76. The van der Waals surface area contributed by atoms with Gasteiger partial charge in [-0.3, -0.25) is 4.90 Å². The predicted molar refractivity (Wildman–Crippen MR) is 82.2 cm³/mol. The van der Waals surface area contributed by atoms with Crippen molar-refractivity contribution < 1.29 is 0 Å². The van der Waals surface area contributed by atoms with Gasteiger partial charge in [0.25, 0.3) is 0 Å². The van der Waals surface area contributed by atoms with Gasteiger partial charge in [0.2, 0.25) is 0 Å². The Morgan fingerprint density at radius 3 is 2.61 bits per heavy atom. The van der Waals surface area contributed by atoms with E-state index >= 15 is 0 Å². The summed E-state index contributed by atoms with van der Waals surface area (Å²) < 4.78 is 0. The van der Waals surface area contributed by atoms with Gasteiger partial charge in [0.15, 0.2) is 0 Å². The standard InChI is InChI=1S/C14H18N2S.ClH/c1-2-16(11-14-7-4-8-17-14)10-12-5-3-6-13(15)9-12;/h3-9H,2,10-11,15H2,1H3;1H. The lowest BCUT2D eigenvalue weighted by molar-refractivity contribution is 0.274. The molecule has 0 aliphatic rings. The SMILES string of the molecule is CCN(Cc1cccc(N)c1)Cc1cccs1.Cl. The highest BCUT2D eigenvalue weighted by molar-refractivity contribution is 7.09. The first-order chi connectivity index (χ1) is 8.28. The van der Waals surface area contributed by atoms with E-state index in [4.69, 9.17) is 5.73 Å². The van der Waals surface area contributed by atoms with Crippen LogP contribution in [0.2, 0.25) is 0 Å². The van der Waals surface area contributed by atoms with Crippen LogP contribution in [0.4, 0.5) is 5.69 Å². The fraction of sp³-hybridized carbons (Fsp3) is 0.286. The Morgan fingerprint density at radius 2 is 2.00 bits per heavy atom. The molecule has 0 fully saturated rings. The molecule has 98 valence electrons. The van der Waals surface area contributed by atoms with Crippen molar-refractivity contribution in [2.24, 2.45) is 0 Å². The summed E-state index contributed by atoms with van der Waals surface area (Å²) in [5, 5.41) is 2.13. The van der Waals surface area contributed by atoms with Gasteiger partial charge in [-0.25, -0.2) is 0 Å². The lowest BCUT2D eigenvalue weighted by atomic mass is 10.2. The molecular formula is C14H19ClN2S. The van der Waals surface area contributed by atoms with Gasteiger partial charge in [-0.1, -0.05) is 25.1 Å². The largest absolute Gasteiger partial charge is 0.399 e. The summed E-state index contributed by atoms with van der Waals surface area (Å²) in [5.41, 5.74) is 7.92. The Morgan fingerprint density at radius 1 is 1.17 bits per heavy atom. The molecule has 0 amide bonds. The molecule has 1 aromatic carbocycles. The third kappa shape index (κ3) is 4.33. The summed E-state index contributed by atoms with van der Waals surface area (Å²) in [7, 11) is 0. The van der Waals surface area contributed by atoms with Gasteiger partial charge in [0.1, 0.15) is 0 Å². The van der Waals surface area contributed by atoms with Crippen LogP contribution in [0, 0.1) is 0 Å². The number of thiophene rings is 1. The van der Waals surface area contributed by atoms with Crippen molar-refractivity contribution in [3.05, 3.63) is 52.2 Å². The van der Waals surface area contributed by atoms with Crippen molar-refractivity contribution in [1.82, 2.24) is 4.90 Å². The van der Waals surface area contributed by atoms with Crippen LogP contribution < -0.4 is 5.73 Å². The molecule has 0 radical (unpaired) electrons. The predicted octanol–water partition coefficient (Wildman–Crippen LogP) is 3.77. The van der Waals surface area contributed by atoms with E-state index in [-0.39, 0.29) is 12.4 Å². The lowest BCUT2D eigenvalue weighted by Crippen LogP contribution is -2.21. The monoisotopic (exact) mass is 282 g/mol. The second-order valence-electron chi connectivity index (χ2n) is 4.13. The van der Waals surface area contributed by atoms with E-state index in [1.165, 1.54) is 10.4 Å². The van der Waals surface area contributed by atoms with Gasteiger partial charge in [-0.2, -0.15) is 0 Å². The van der Waals surface area contributed by atoms with Crippen LogP contribution in [-0.2, 0) is 13.1 Å². The highest BCUT2D eigenvalue weighted by Gasteiger charge is 2.05. The number of benzene rings is 1. The molecular weight excluding hydrogens is 264 g/mol. The van der Waals surface area contributed by atoms with E-state index in [9.17, 15) is 0 Å². The molecule has 2 nitrogen and oxygen atoms in total. The highest BCUT2D eigenvalue weighted by Crippen LogP contribution is 2.15. The molecule has 1 heterocycles. The number of rotatable bonds is 5. The minimum absolute atomic E-state index is 0. The van der Waals surface area contributed by atoms with Gasteiger partial charge in [0, 0.05) is 23.7 Å². The van der Waals surface area contributed by atoms with Crippen molar-refractivity contribution >= 4 is 29.4 Å². The zero-order chi connectivity index (χ0) is 12.1. The fourth-order valence-electron chi connectivity index (χ4n) is 1.85. The Balaban J connectivity index is 0.00000162. The first-order valence-electron chi connectivity index (χ1n) is 5.87. The number of nitrogen functional groups attached to an aromatic ring is 1. The smallest absolute Gasteiger partial charge is 0.0331 e. The van der Waals surface area contributed by atoms with Crippen molar-refractivity contribution in [2.75, 3.05) is 12.3 Å². The fourth-order valence-corrected chi connectivity index (χ4v) is 2.60. The van der Waals surface area contributed by atoms with Crippen LogP contribution >= 0.6 is 23.7 Å². The van der Waals surface area contributed by atoms with Crippen molar-refractivity contribution in [1.29, 1.82) is 0 Å². The van der Waals surface area contributed by atoms with Gasteiger partial charge >= 0.3 is 0 Å². The minimum atomic E-state index is 0. The molecule has 0 saturated carbocycles. The first-order valence-corrected chi connectivity index (χ1v) is 6.75. The first kappa shape index (κ1) is 15.0. The molecule has 0 unspecified atom stereocenters. The Kier molecular flexibility index (Phi) is 6.19. The second-order valence-corrected chi connectivity index (χ2v) is 5.16. The van der Waals surface area contributed by atoms with Crippen molar-refractivity contribution in [3.8, 4) is 0 Å². The Hall–Kier alpha value is -1.03. The van der Waals surface area contributed by atoms with Gasteiger partial charge in [0.05, 0.1) is 0 Å². The molecule has 0 saturated heterocycles. The van der Waals surface area contributed by atoms with Crippen molar-refractivity contribution in [3.63, 3.8) is 0 Å². The van der Waals surface area contributed by atoms with Crippen LogP contribution in [0.3, 0.4) is 0 Å². The summed E-state index contributed by atoms with van der Waals surface area (Å²) in [6, 6.07) is 12.4. The maximum Gasteiger partial charge on any atom is 0.0331 e. The van der Waals surface area contributed by atoms with E-state index in [1.54, 1.807) is 0 Å². The van der Waals surface area contributed by atoms with E-state index in [0.717, 1.165) is 25.3 Å². The molecule has 2 rings (SSSR count). The zero-order valence-corrected chi connectivity index (χ0v) is 12.1. The summed E-state index contributed by atoms with van der Waals surface area (Å²) in [6.07, 6.45) is 0. The maximum atomic E-state index is 5.80. The zero-order valence-electron chi connectivity index (χ0n) is 10.5. The Bertz CT molecular complexity index is 457. The molecule has 0 bridgehead atoms. The van der Waals surface area contributed by atoms with Gasteiger partial charge in [-0.05, 0) is 35.7 Å². The highest BCUT2D eigenvalue weighted by atomic mass is 35.5. The molecule has 2 aromatic rings. The molecule has 4 heteroatoms. The van der Waals surface area contributed by atoms with Gasteiger partial charge < -0.3 is 5.73 Å². The molecule has 18 heavy (non-hydrogen) atoms. The van der Waals surface area contributed by atoms with Crippen molar-refractivity contribution in [2.45, 2.75) is 20.0 Å². The average molecular weight is 283 g/mol. The van der Waals surface area contributed by atoms with Crippen LogP contribution in [0.5, 0.6) is 0 Å². The van der Waals surface area contributed by atoms with E-state index in [1.807, 2.05) is 23.5 Å². The summed E-state index contributed by atoms with van der Waals surface area (Å²) in [6.45, 7) is 5.22. The average Bonchev–Trinajstić information content (AvgIpc) is 2.81. The van der Waals surface area contributed by atoms with Crippen LogP contribution in [0.15, 0.2) is 41.8 Å². The van der Waals surface area contributed by atoms with E-state index < -0.39 is 0 Å². The number of hydrogen-bond acceptors (Lipinski definition) is 3. The topological polar surface area (TPSA) is 29.3 Å². The second kappa shape index (κ2) is 7.41. The third-order valence-corrected chi connectivity index (χ3v) is 3.63. The molecule has 0 spiro atoms. The summed E-state index contributed by atoms with van der Waals surface area (Å²) >= 11 is 1.81. The van der Waals surface area contributed by atoms with E-state index in [0.29, 0.717) is 0 Å². The van der Waals surface area contributed by atoms with E-state index in [2.05, 4.69) is 41.5 Å². The van der Waals surface area contributed by atoms with Gasteiger partial charge in [-0.15, -0.1) is 23.7 Å². The number of nitrogens with zero attached hydrogens (tertiary/aromatic N) is 1.